The molecule has 1 unspecified atom stereocenters. The third kappa shape index (κ3) is 1.85. The molecule has 1 atom stereocenters. The number of aromatic nitrogens is 2. The van der Waals surface area contributed by atoms with E-state index in [1.165, 1.54) is 12.8 Å². The lowest BCUT2D eigenvalue weighted by atomic mass is 10.2. The van der Waals surface area contributed by atoms with Gasteiger partial charge in [-0.1, -0.05) is 0 Å². The van der Waals surface area contributed by atoms with Gasteiger partial charge in [0.15, 0.2) is 4.77 Å². The summed E-state index contributed by atoms with van der Waals surface area (Å²) in [6, 6.07) is 2.81. The van der Waals surface area contributed by atoms with E-state index in [1.54, 1.807) is 6.07 Å². The van der Waals surface area contributed by atoms with Crippen molar-refractivity contribution in [1.29, 1.82) is 0 Å². The van der Waals surface area contributed by atoms with Crippen LogP contribution < -0.4 is 5.56 Å². The van der Waals surface area contributed by atoms with Crippen molar-refractivity contribution in [2.24, 2.45) is 0 Å². The third-order valence-corrected chi connectivity index (χ3v) is 3.82. The van der Waals surface area contributed by atoms with Crippen molar-refractivity contribution in [3.05, 3.63) is 27.4 Å². The summed E-state index contributed by atoms with van der Waals surface area (Å²) in [4.78, 5) is 16.3. The van der Waals surface area contributed by atoms with Crippen LogP contribution in [0.4, 0.5) is 0 Å². The number of H-pyrrole nitrogens is 1. The van der Waals surface area contributed by atoms with Crippen LogP contribution in [0.1, 0.15) is 25.3 Å². The molecule has 2 fully saturated rings. The lowest BCUT2D eigenvalue weighted by Crippen LogP contribution is -2.24. The van der Waals surface area contributed by atoms with Gasteiger partial charge < -0.3 is 4.57 Å². The first-order valence-corrected chi connectivity index (χ1v) is 6.20. The molecule has 1 aliphatic heterocycles. The van der Waals surface area contributed by atoms with Crippen molar-refractivity contribution in [1.82, 2.24) is 14.5 Å². The minimum absolute atomic E-state index is 0.113. The van der Waals surface area contributed by atoms with Gasteiger partial charge in [-0.2, -0.15) is 0 Å². The maximum absolute atomic E-state index is 11.1. The molecule has 16 heavy (non-hydrogen) atoms. The fourth-order valence-electron chi connectivity index (χ4n) is 2.48. The second kappa shape index (κ2) is 3.82. The van der Waals surface area contributed by atoms with Crippen LogP contribution in [0, 0.1) is 4.77 Å². The second-order valence-electron chi connectivity index (χ2n) is 4.69. The lowest BCUT2D eigenvalue weighted by molar-refractivity contribution is 0.312. The summed E-state index contributed by atoms with van der Waals surface area (Å²) < 4.78 is 2.58. The van der Waals surface area contributed by atoms with Gasteiger partial charge in [0.1, 0.15) is 0 Å². The number of aromatic amines is 1. The van der Waals surface area contributed by atoms with Crippen LogP contribution in [0.15, 0.2) is 17.1 Å². The summed E-state index contributed by atoms with van der Waals surface area (Å²) in [5, 5.41) is 0. The first-order valence-electron chi connectivity index (χ1n) is 5.79. The largest absolute Gasteiger partial charge is 0.321 e. The molecule has 86 valence electrons. The highest BCUT2D eigenvalue weighted by Gasteiger charge is 2.34. The Labute approximate surface area is 98.9 Å². The average molecular weight is 237 g/mol. The number of likely N-dealkylation sites (tertiary alicyclic amines) is 1. The molecule has 0 bridgehead atoms. The minimum atomic E-state index is -0.113. The summed E-state index contributed by atoms with van der Waals surface area (Å²) in [5.74, 6) is 0. The quantitative estimate of drug-likeness (QED) is 0.789. The van der Waals surface area contributed by atoms with Crippen molar-refractivity contribution in [3.8, 4) is 0 Å². The van der Waals surface area contributed by atoms with E-state index in [2.05, 4.69) is 9.88 Å². The Morgan fingerprint density at radius 1 is 1.31 bits per heavy atom. The van der Waals surface area contributed by atoms with E-state index in [1.807, 2.05) is 10.8 Å². The molecule has 0 aromatic carbocycles. The molecular formula is C11H15N3OS. The Balaban J connectivity index is 1.82. The van der Waals surface area contributed by atoms with Crippen LogP contribution >= 0.6 is 12.2 Å². The minimum Gasteiger partial charge on any atom is -0.321 e. The van der Waals surface area contributed by atoms with E-state index in [0.29, 0.717) is 10.8 Å². The van der Waals surface area contributed by atoms with E-state index >= 15 is 0 Å². The number of hydrogen-bond acceptors (Lipinski definition) is 3. The molecule has 1 aliphatic carbocycles. The molecular weight excluding hydrogens is 222 g/mol. The molecule has 2 aliphatic rings. The molecule has 4 nitrogen and oxygen atoms in total. The number of rotatable bonds is 2. The fraction of sp³-hybridized carbons (Fsp3) is 0.636. The highest BCUT2D eigenvalue weighted by atomic mass is 32.1. The van der Waals surface area contributed by atoms with Crippen molar-refractivity contribution >= 4 is 12.2 Å². The molecule has 1 saturated heterocycles. The van der Waals surface area contributed by atoms with E-state index in [9.17, 15) is 4.79 Å². The standard InChI is InChI=1S/C11H15N3OS/c15-10-4-6-14(11(16)12-10)9-3-5-13(7-9)8-1-2-8/h4,6,8-9H,1-3,5,7H2,(H,12,15,16). The van der Waals surface area contributed by atoms with Gasteiger partial charge in [-0.25, -0.2) is 0 Å². The summed E-state index contributed by atoms with van der Waals surface area (Å²) in [6.07, 6.45) is 5.66. The van der Waals surface area contributed by atoms with Gasteiger partial charge in [0.05, 0.1) is 0 Å². The van der Waals surface area contributed by atoms with Crippen LogP contribution in [-0.4, -0.2) is 33.6 Å². The highest BCUT2D eigenvalue weighted by Crippen LogP contribution is 2.33. The molecule has 1 N–H and O–H groups in total. The Morgan fingerprint density at radius 3 is 2.81 bits per heavy atom. The molecule has 0 radical (unpaired) electrons. The normalized spacial score (nSPS) is 26.1. The zero-order valence-corrected chi connectivity index (χ0v) is 9.87. The summed E-state index contributed by atoms with van der Waals surface area (Å²) in [7, 11) is 0. The zero-order chi connectivity index (χ0) is 11.1. The summed E-state index contributed by atoms with van der Waals surface area (Å²) >= 11 is 5.18. The summed E-state index contributed by atoms with van der Waals surface area (Å²) in [6.45, 7) is 2.24. The number of hydrogen-bond donors (Lipinski definition) is 1. The predicted molar refractivity (Wildman–Crippen MR) is 64.1 cm³/mol. The van der Waals surface area contributed by atoms with Gasteiger partial charge in [-0.05, 0) is 31.5 Å². The Kier molecular flexibility index (Phi) is 2.44. The SMILES string of the molecule is O=c1ccn(C2CCN(C3CC3)C2)c(=S)[nH]1. The first-order chi connectivity index (χ1) is 7.74. The summed E-state index contributed by atoms with van der Waals surface area (Å²) in [5.41, 5.74) is -0.113. The van der Waals surface area contributed by atoms with Crippen LogP contribution in [0.2, 0.25) is 0 Å². The molecule has 0 spiro atoms. The lowest BCUT2D eigenvalue weighted by Gasteiger charge is -2.16. The van der Waals surface area contributed by atoms with Crippen molar-refractivity contribution < 1.29 is 0 Å². The molecule has 1 aromatic rings. The van der Waals surface area contributed by atoms with Crippen molar-refractivity contribution in [2.45, 2.75) is 31.3 Å². The number of nitrogens with one attached hydrogen (secondary N) is 1. The van der Waals surface area contributed by atoms with Crippen LogP contribution in [0.3, 0.4) is 0 Å². The molecule has 0 amide bonds. The average Bonchev–Trinajstić information content (AvgIpc) is 2.98. The van der Waals surface area contributed by atoms with Crippen molar-refractivity contribution in [3.63, 3.8) is 0 Å². The van der Waals surface area contributed by atoms with Crippen LogP contribution in [0.5, 0.6) is 0 Å². The van der Waals surface area contributed by atoms with Crippen LogP contribution in [-0.2, 0) is 0 Å². The maximum atomic E-state index is 11.1. The van der Waals surface area contributed by atoms with E-state index in [0.717, 1.165) is 25.6 Å². The predicted octanol–water partition coefficient (Wildman–Crippen LogP) is 1.32. The highest BCUT2D eigenvalue weighted by molar-refractivity contribution is 7.71. The molecule has 2 heterocycles. The van der Waals surface area contributed by atoms with E-state index in [4.69, 9.17) is 12.2 Å². The van der Waals surface area contributed by atoms with Gasteiger partial charge in [-0.3, -0.25) is 14.7 Å². The van der Waals surface area contributed by atoms with E-state index < -0.39 is 0 Å². The zero-order valence-electron chi connectivity index (χ0n) is 9.06. The van der Waals surface area contributed by atoms with Gasteiger partial charge in [-0.15, -0.1) is 0 Å². The monoisotopic (exact) mass is 237 g/mol. The van der Waals surface area contributed by atoms with Crippen LogP contribution in [0.25, 0.3) is 0 Å². The Hall–Kier alpha value is -0.940. The topological polar surface area (TPSA) is 41.0 Å². The molecule has 1 aromatic heterocycles. The fourth-order valence-corrected chi connectivity index (χ4v) is 2.79. The maximum Gasteiger partial charge on any atom is 0.251 e. The molecule has 1 saturated carbocycles. The third-order valence-electron chi connectivity index (χ3n) is 3.50. The van der Waals surface area contributed by atoms with Gasteiger partial charge in [0.2, 0.25) is 0 Å². The van der Waals surface area contributed by atoms with E-state index in [-0.39, 0.29) is 5.56 Å². The molecule has 5 heteroatoms. The first kappa shape index (κ1) is 10.2. The second-order valence-corrected chi connectivity index (χ2v) is 5.07. The van der Waals surface area contributed by atoms with Gasteiger partial charge >= 0.3 is 0 Å². The Morgan fingerprint density at radius 2 is 2.12 bits per heavy atom. The smallest absolute Gasteiger partial charge is 0.251 e. The number of nitrogens with zero attached hydrogens (tertiary/aromatic N) is 2. The van der Waals surface area contributed by atoms with Crippen molar-refractivity contribution in [2.75, 3.05) is 13.1 Å². The molecule has 3 rings (SSSR count). The Bertz CT molecular complexity index is 502. The van der Waals surface area contributed by atoms with Gasteiger partial charge in [0, 0.05) is 37.4 Å². The van der Waals surface area contributed by atoms with Gasteiger partial charge in [0.25, 0.3) is 5.56 Å².